The smallest absolute Gasteiger partial charge is 0.191 e. The molecule has 3 rings (SSSR count). The molecule has 1 aliphatic carbocycles. The van der Waals surface area contributed by atoms with Crippen LogP contribution in [0.1, 0.15) is 50.4 Å². The number of guanidine groups is 1. The average molecular weight is 385 g/mol. The lowest BCUT2D eigenvalue weighted by molar-refractivity contribution is 0.155. The molecule has 0 aliphatic heterocycles. The van der Waals surface area contributed by atoms with E-state index in [9.17, 15) is 0 Å². The van der Waals surface area contributed by atoms with Gasteiger partial charge < -0.3 is 19.9 Å². The Morgan fingerprint density at radius 2 is 1.96 bits per heavy atom. The fourth-order valence-corrected chi connectivity index (χ4v) is 3.50. The SMILES string of the molecule is CCc1nncn1CCNC(=NC)NCc1ccc(OC2CCCCC2)cc1. The lowest BCUT2D eigenvalue weighted by atomic mass is 9.98. The molecule has 1 aliphatic rings. The average Bonchev–Trinajstić information content (AvgIpc) is 3.20. The van der Waals surface area contributed by atoms with Crippen molar-refractivity contribution in [2.24, 2.45) is 4.99 Å². The van der Waals surface area contributed by atoms with Gasteiger partial charge in [0, 0.05) is 33.1 Å². The highest BCUT2D eigenvalue weighted by Gasteiger charge is 2.14. The molecule has 0 spiro atoms. The Bertz CT molecular complexity index is 734. The van der Waals surface area contributed by atoms with E-state index in [-0.39, 0.29) is 0 Å². The molecular formula is C21H32N6O. The molecule has 0 bridgehead atoms. The van der Waals surface area contributed by atoms with Crippen LogP contribution in [-0.2, 0) is 19.5 Å². The highest BCUT2D eigenvalue weighted by atomic mass is 16.5. The largest absolute Gasteiger partial charge is 0.490 e. The van der Waals surface area contributed by atoms with Gasteiger partial charge in [-0.3, -0.25) is 4.99 Å². The fraction of sp³-hybridized carbons (Fsp3) is 0.571. The monoisotopic (exact) mass is 384 g/mol. The number of nitrogens with one attached hydrogen (secondary N) is 2. The van der Waals surface area contributed by atoms with Gasteiger partial charge in [0.05, 0.1) is 6.10 Å². The Hall–Kier alpha value is -2.57. The summed E-state index contributed by atoms with van der Waals surface area (Å²) in [4.78, 5) is 4.29. The van der Waals surface area contributed by atoms with Crippen LogP contribution in [0.5, 0.6) is 5.75 Å². The second kappa shape index (κ2) is 10.7. The Balaban J connectivity index is 1.40. The van der Waals surface area contributed by atoms with Gasteiger partial charge in [0.1, 0.15) is 17.9 Å². The second-order valence-electron chi connectivity index (χ2n) is 7.17. The zero-order valence-electron chi connectivity index (χ0n) is 17.0. The van der Waals surface area contributed by atoms with Crippen molar-refractivity contribution in [2.75, 3.05) is 13.6 Å². The van der Waals surface area contributed by atoms with E-state index in [1.165, 1.54) is 37.7 Å². The minimum atomic E-state index is 0.389. The first kappa shape index (κ1) is 20.2. The molecule has 1 saturated carbocycles. The first-order valence-corrected chi connectivity index (χ1v) is 10.3. The first-order valence-electron chi connectivity index (χ1n) is 10.3. The quantitative estimate of drug-likeness (QED) is 0.541. The number of hydrogen-bond acceptors (Lipinski definition) is 4. The number of aryl methyl sites for hydroxylation is 1. The lowest BCUT2D eigenvalue weighted by Crippen LogP contribution is -2.38. The topological polar surface area (TPSA) is 76.4 Å². The van der Waals surface area contributed by atoms with Crippen LogP contribution in [0, 0.1) is 0 Å². The number of rotatable bonds is 8. The number of hydrogen-bond donors (Lipinski definition) is 2. The molecule has 28 heavy (non-hydrogen) atoms. The normalized spacial score (nSPS) is 15.4. The first-order chi connectivity index (χ1) is 13.8. The van der Waals surface area contributed by atoms with Crippen molar-refractivity contribution in [2.45, 2.75) is 64.6 Å². The maximum Gasteiger partial charge on any atom is 0.191 e. The van der Waals surface area contributed by atoms with Gasteiger partial charge >= 0.3 is 0 Å². The van der Waals surface area contributed by atoms with Crippen LogP contribution < -0.4 is 15.4 Å². The maximum absolute atomic E-state index is 6.10. The second-order valence-corrected chi connectivity index (χ2v) is 7.17. The van der Waals surface area contributed by atoms with Crippen molar-refractivity contribution in [3.8, 4) is 5.75 Å². The minimum Gasteiger partial charge on any atom is -0.490 e. The standard InChI is InChI=1S/C21H32N6O/c1-3-20-26-25-16-27(20)14-13-23-21(22-2)24-15-17-9-11-19(12-10-17)28-18-7-5-4-6-8-18/h9-12,16,18H,3-8,13-15H2,1-2H3,(H2,22,23,24). The Morgan fingerprint density at radius 1 is 1.18 bits per heavy atom. The zero-order chi connectivity index (χ0) is 19.6. The predicted molar refractivity (Wildman–Crippen MR) is 112 cm³/mol. The maximum atomic E-state index is 6.10. The lowest BCUT2D eigenvalue weighted by Gasteiger charge is -2.23. The fourth-order valence-electron chi connectivity index (χ4n) is 3.50. The molecule has 0 amide bonds. The van der Waals surface area contributed by atoms with Gasteiger partial charge in [-0.1, -0.05) is 25.5 Å². The Labute approximate surface area is 167 Å². The molecule has 1 heterocycles. The van der Waals surface area contributed by atoms with E-state index >= 15 is 0 Å². The molecule has 0 unspecified atom stereocenters. The van der Waals surface area contributed by atoms with Crippen LogP contribution in [0.15, 0.2) is 35.6 Å². The Morgan fingerprint density at radius 3 is 2.68 bits per heavy atom. The van der Waals surface area contributed by atoms with E-state index in [1.54, 1.807) is 13.4 Å². The molecule has 1 aromatic carbocycles. The molecule has 0 saturated heterocycles. The van der Waals surface area contributed by atoms with Gasteiger partial charge in [-0.2, -0.15) is 0 Å². The van der Waals surface area contributed by atoms with E-state index in [0.717, 1.165) is 43.6 Å². The van der Waals surface area contributed by atoms with Crippen LogP contribution in [0.4, 0.5) is 0 Å². The van der Waals surface area contributed by atoms with Crippen molar-refractivity contribution in [3.63, 3.8) is 0 Å². The molecule has 0 radical (unpaired) electrons. The molecule has 1 fully saturated rings. The number of ether oxygens (including phenoxy) is 1. The summed E-state index contributed by atoms with van der Waals surface area (Å²) in [6.07, 6.45) is 9.33. The number of benzene rings is 1. The molecule has 7 heteroatoms. The van der Waals surface area contributed by atoms with Crippen molar-refractivity contribution < 1.29 is 4.74 Å². The molecule has 7 nitrogen and oxygen atoms in total. The van der Waals surface area contributed by atoms with Crippen molar-refractivity contribution >= 4 is 5.96 Å². The van der Waals surface area contributed by atoms with Crippen molar-refractivity contribution in [1.29, 1.82) is 0 Å². The molecule has 1 aromatic heterocycles. The molecule has 0 atom stereocenters. The van der Waals surface area contributed by atoms with E-state index < -0.39 is 0 Å². The van der Waals surface area contributed by atoms with E-state index in [1.807, 2.05) is 0 Å². The third kappa shape index (κ3) is 5.97. The zero-order valence-corrected chi connectivity index (χ0v) is 17.0. The summed E-state index contributed by atoms with van der Waals surface area (Å²) >= 11 is 0. The van der Waals surface area contributed by atoms with Gasteiger partial charge in [0.2, 0.25) is 0 Å². The Kier molecular flexibility index (Phi) is 7.70. The van der Waals surface area contributed by atoms with Crippen molar-refractivity contribution in [3.05, 3.63) is 42.0 Å². The summed E-state index contributed by atoms with van der Waals surface area (Å²) in [7, 11) is 1.78. The summed E-state index contributed by atoms with van der Waals surface area (Å²) in [5.74, 6) is 2.76. The predicted octanol–water partition coefficient (Wildman–Crippen LogP) is 2.92. The number of aliphatic imine (C=N–C) groups is 1. The molecule has 152 valence electrons. The third-order valence-electron chi connectivity index (χ3n) is 5.12. The van der Waals surface area contributed by atoms with Gasteiger partial charge in [-0.25, -0.2) is 0 Å². The van der Waals surface area contributed by atoms with E-state index in [0.29, 0.717) is 6.10 Å². The molecule has 2 aromatic rings. The van der Waals surface area contributed by atoms with Crippen LogP contribution in [-0.4, -0.2) is 40.4 Å². The van der Waals surface area contributed by atoms with Gasteiger partial charge in [-0.15, -0.1) is 10.2 Å². The summed E-state index contributed by atoms with van der Waals surface area (Å²) in [6, 6.07) is 8.37. The summed E-state index contributed by atoms with van der Waals surface area (Å²) in [6.45, 7) is 4.37. The highest BCUT2D eigenvalue weighted by Crippen LogP contribution is 2.23. The van der Waals surface area contributed by atoms with Crippen LogP contribution in [0.3, 0.4) is 0 Å². The summed E-state index contributed by atoms with van der Waals surface area (Å²) in [5.41, 5.74) is 1.20. The van der Waals surface area contributed by atoms with Crippen LogP contribution in [0.25, 0.3) is 0 Å². The highest BCUT2D eigenvalue weighted by molar-refractivity contribution is 5.79. The summed E-state index contributed by atoms with van der Waals surface area (Å²) < 4.78 is 8.16. The molecule has 2 N–H and O–H groups in total. The molecular weight excluding hydrogens is 352 g/mol. The number of nitrogens with zero attached hydrogens (tertiary/aromatic N) is 4. The van der Waals surface area contributed by atoms with Crippen molar-refractivity contribution in [1.82, 2.24) is 25.4 Å². The third-order valence-corrected chi connectivity index (χ3v) is 5.12. The van der Waals surface area contributed by atoms with Gasteiger partial charge in [0.25, 0.3) is 0 Å². The van der Waals surface area contributed by atoms with E-state index in [2.05, 4.69) is 61.6 Å². The summed E-state index contributed by atoms with van der Waals surface area (Å²) in [5, 5.41) is 14.7. The van der Waals surface area contributed by atoms with Gasteiger partial charge in [-0.05, 0) is 43.4 Å². The van der Waals surface area contributed by atoms with Crippen LogP contribution >= 0.6 is 0 Å². The van der Waals surface area contributed by atoms with E-state index in [4.69, 9.17) is 4.74 Å². The number of aromatic nitrogens is 3. The minimum absolute atomic E-state index is 0.389. The van der Waals surface area contributed by atoms with Gasteiger partial charge in [0.15, 0.2) is 5.96 Å². The van der Waals surface area contributed by atoms with Crippen LogP contribution in [0.2, 0.25) is 0 Å².